The van der Waals surface area contributed by atoms with Gasteiger partial charge in [-0.3, -0.25) is 9.59 Å². The maximum atomic E-state index is 12.4. The summed E-state index contributed by atoms with van der Waals surface area (Å²) in [4.78, 5) is 26.0. The summed E-state index contributed by atoms with van der Waals surface area (Å²) >= 11 is 0. The van der Waals surface area contributed by atoms with Crippen molar-refractivity contribution < 1.29 is 9.59 Å². The van der Waals surface area contributed by atoms with E-state index in [1.807, 2.05) is 6.92 Å². The molecule has 1 aliphatic rings. The van der Waals surface area contributed by atoms with Crippen LogP contribution in [0.3, 0.4) is 0 Å². The van der Waals surface area contributed by atoms with Crippen molar-refractivity contribution in [3.05, 3.63) is 23.8 Å². The summed E-state index contributed by atoms with van der Waals surface area (Å²) in [5.41, 5.74) is 12.9. The highest BCUT2D eigenvalue weighted by atomic mass is 16.2. The van der Waals surface area contributed by atoms with Crippen molar-refractivity contribution in [1.29, 1.82) is 0 Å². The van der Waals surface area contributed by atoms with E-state index < -0.39 is 0 Å². The Balaban J connectivity index is 1.98. The Morgan fingerprint density at radius 1 is 1.29 bits per heavy atom. The number of hydrogen-bond donors (Lipinski definition) is 3. The second kappa shape index (κ2) is 6.47. The summed E-state index contributed by atoms with van der Waals surface area (Å²) < 4.78 is 0. The van der Waals surface area contributed by atoms with Gasteiger partial charge in [-0.05, 0) is 38.0 Å². The number of nitrogens with one attached hydrogen (secondary N) is 1. The Kier molecular flexibility index (Phi) is 4.67. The summed E-state index contributed by atoms with van der Waals surface area (Å²) in [6.07, 6.45) is 1.37. The van der Waals surface area contributed by atoms with Crippen LogP contribution < -0.4 is 16.8 Å². The van der Waals surface area contributed by atoms with Crippen LogP contribution in [0.2, 0.25) is 0 Å². The van der Waals surface area contributed by atoms with Crippen LogP contribution in [0.25, 0.3) is 0 Å². The summed E-state index contributed by atoms with van der Waals surface area (Å²) in [7, 11) is 0. The zero-order valence-electron chi connectivity index (χ0n) is 12.3. The van der Waals surface area contributed by atoms with Gasteiger partial charge in [-0.2, -0.15) is 0 Å². The molecule has 0 atom stereocenters. The molecule has 1 aliphatic heterocycles. The molecular weight excluding hydrogens is 268 g/mol. The minimum Gasteiger partial charge on any atom is -0.399 e. The van der Waals surface area contributed by atoms with Crippen LogP contribution in [0.5, 0.6) is 0 Å². The molecular formula is C15H22N4O2. The number of nitrogens with two attached hydrogens (primary N) is 2. The lowest BCUT2D eigenvalue weighted by atomic mass is 9.95. The van der Waals surface area contributed by atoms with Gasteiger partial charge in [0.1, 0.15) is 0 Å². The maximum absolute atomic E-state index is 12.4. The van der Waals surface area contributed by atoms with E-state index in [-0.39, 0.29) is 17.7 Å². The van der Waals surface area contributed by atoms with E-state index in [1.54, 1.807) is 23.1 Å². The number of benzene rings is 1. The molecule has 21 heavy (non-hydrogen) atoms. The lowest BCUT2D eigenvalue weighted by molar-refractivity contribution is -0.126. The lowest BCUT2D eigenvalue weighted by Crippen LogP contribution is -2.43. The fourth-order valence-corrected chi connectivity index (χ4v) is 2.61. The van der Waals surface area contributed by atoms with Gasteiger partial charge in [0.15, 0.2) is 0 Å². The van der Waals surface area contributed by atoms with Crippen molar-refractivity contribution in [3.63, 3.8) is 0 Å². The number of likely N-dealkylation sites (tertiary alicyclic amines) is 1. The van der Waals surface area contributed by atoms with E-state index >= 15 is 0 Å². The number of piperidine rings is 1. The monoisotopic (exact) mass is 290 g/mol. The summed E-state index contributed by atoms with van der Waals surface area (Å²) in [5.74, 6) is -0.0174. The van der Waals surface area contributed by atoms with Crippen LogP contribution in [-0.2, 0) is 4.79 Å². The van der Waals surface area contributed by atoms with E-state index in [2.05, 4.69) is 5.32 Å². The van der Waals surface area contributed by atoms with Gasteiger partial charge in [-0.15, -0.1) is 0 Å². The van der Waals surface area contributed by atoms with E-state index in [4.69, 9.17) is 11.5 Å². The molecule has 0 unspecified atom stereocenters. The summed E-state index contributed by atoms with van der Waals surface area (Å²) in [6, 6.07) is 4.92. The number of hydrogen-bond acceptors (Lipinski definition) is 4. The second-order valence-electron chi connectivity index (χ2n) is 5.31. The minimum atomic E-state index is -0.0955. The first-order chi connectivity index (χ1) is 10.0. The third-order valence-corrected chi connectivity index (χ3v) is 3.81. The quantitative estimate of drug-likeness (QED) is 0.718. The van der Waals surface area contributed by atoms with Crippen LogP contribution in [0.4, 0.5) is 11.4 Å². The zero-order chi connectivity index (χ0) is 15.4. The first-order valence-electron chi connectivity index (χ1n) is 7.25. The van der Waals surface area contributed by atoms with Gasteiger partial charge in [0, 0.05) is 36.9 Å². The van der Waals surface area contributed by atoms with Crippen molar-refractivity contribution in [3.8, 4) is 0 Å². The van der Waals surface area contributed by atoms with Gasteiger partial charge in [-0.25, -0.2) is 0 Å². The number of anilines is 2. The van der Waals surface area contributed by atoms with Crippen molar-refractivity contribution in [2.24, 2.45) is 5.92 Å². The average molecular weight is 290 g/mol. The van der Waals surface area contributed by atoms with Gasteiger partial charge in [-0.1, -0.05) is 0 Å². The van der Waals surface area contributed by atoms with Crippen LogP contribution >= 0.6 is 0 Å². The first-order valence-corrected chi connectivity index (χ1v) is 7.25. The highest BCUT2D eigenvalue weighted by molar-refractivity contribution is 5.99. The fourth-order valence-electron chi connectivity index (χ4n) is 2.61. The number of amides is 2. The Labute approximate surface area is 124 Å². The SMILES string of the molecule is CCNC(=O)C1CCN(C(=O)c2ccc(N)cc2N)CC1. The molecule has 1 aromatic rings. The molecule has 1 fully saturated rings. The zero-order valence-corrected chi connectivity index (χ0v) is 12.3. The predicted octanol–water partition coefficient (Wildman–Crippen LogP) is 0.839. The Morgan fingerprint density at radius 3 is 2.52 bits per heavy atom. The molecule has 0 aromatic heterocycles. The van der Waals surface area contributed by atoms with Crippen LogP contribution in [0.15, 0.2) is 18.2 Å². The molecule has 6 heteroatoms. The number of carbonyl (C=O) groups excluding carboxylic acids is 2. The highest BCUT2D eigenvalue weighted by Gasteiger charge is 2.28. The Bertz CT molecular complexity index is 536. The van der Waals surface area contributed by atoms with Crippen molar-refractivity contribution >= 4 is 23.2 Å². The smallest absolute Gasteiger partial charge is 0.255 e. The van der Waals surface area contributed by atoms with E-state index in [0.29, 0.717) is 49.4 Å². The molecule has 0 bridgehead atoms. The lowest BCUT2D eigenvalue weighted by Gasteiger charge is -2.31. The third kappa shape index (κ3) is 3.45. The molecule has 114 valence electrons. The van der Waals surface area contributed by atoms with Gasteiger partial charge < -0.3 is 21.7 Å². The molecule has 1 saturated heterocycles. The van der Waals surface area contributed by atoms with Gasteiger partial charge in [0.05, 0.1) is 5.56 Å². The van der Waals surface area contributed by atoms with Crippen molar-refractivity contribution in [2.75, 3.05) is 31.1 Å². The molecule has 0 saturated carbocycles. The molecule has 0 radical (unpaired) electrons. The number of rotatable bonds is 3. The molecule has 0 spiro atoms. The van der Waals surface area contributed by atoms with Crippen LogP contribution in [-0.4, -0.2) is 36.3 Å². The normalized spacial score (nSPS) is 15.8. The molecule has 1 heterocycles. The molecule has 2 amide bonds. The largest absolute Gasteiger partial charge is 0.399 e. The summed E-state index contributed by atoms with van der Waals surface area (Å²) in [6.45, 7) is 3.69. The maximum Gasteiger partial charge on any atom is 0.255 e. The number of carbonyl (C=O) groups is 2. The number of nitrogen functional groups attached to an aromatic ring is 2. The molecule has 2 rings (SSSR count). The van der Waals surface area contributed by atoms with Crippen LogP contribution in [0, 0.1) is 5.92 Å². The van der Waals surface area contributed by atoms with Gasteiger partial charge in [0.25, 0.3) is 5.91 Å². The van der Waals surface area contributed by atoms with Gasteiger partial charge in [0.2, 0.25) is 5.91 Å². The topological polar surface area (TPSA) is 101 Å². The van der Waals surface area contributed by atoms with Crippen molar-refractivity contribution in [1.82, 2.24) is 10.2 Å². The van der Waals surface area contributed by atoms with E-state index in [9.17, 15) is 9.59 Å². The second-order valence-corrected chi connectivity index (χ2v) is 5.31. The van der Waals surface area contributed by atoms with E-state index in [0.717, 1.165) is 0 Å². The van der Waals surface area contributed by atoms with E-state index in [1.165, 1.54) is 0 Å². The third-order valence-electron chi connectivity index (χ3n) is 3.81. The Hall–Kier alpha value is -2.24. The minimum absolute atomic E-state index is 0.00207. The van der Waals surface area contributed by atoms with Gasteiger partial charge >= 0.3 is 0 Å². The fraction of sp³-hybridized carbons (Fsp3) is 0.467. The predicted molar refractivity (Wildman–Crippen MR) is 82.6 cm³/mol. The Morgan fingerprint density at radius 2 is 1.95 bits per heavy atom. The molecule has 5 N–H and O–H groups in total. The average Bonchev–Trinajstić information content (AvgIpc) is 2.47. The van der Waals surface area contributed by atoms with Crippen LogP contribution in [0.1, 0.15) is 30.1 Å². The summed E-state index contributed by atoms with van der Waals surface area (Å²) in [5, 5.41) is 2.83. The highest BCUT2D eigenvalue weighted by Crippen LogP contribution is 2.22. The standard InChI is InChI=1S/C15H22N4O2/c1-2-18-14(20)10-5-7-19(8-6-10)15(21)12-4-3-11(16)9-13(12)17/h3-4,9-10H,2,5-8,16-17H2,1H3,(H,18,20). The molecule has 1 aromatic carbocycles. The number of nitrogens with zero attached hydrogens (tertiary/aromatic N) is 1. The molecule has 6 nitrogen and oxygen atoms in total. The molecule has 0 aliphatic carbocycles. The van der Waals surface area contributed by atoms with Crippen molar-refractivity contribution in [2.45, 2.75) is 19.8 Å². The first kappa shape index (κ1) is 15.2.